The van der Waals surface area contributed by atoms with E-state index in [4.69, 9.17) is 0 Å². The molecule has 6 aromatic rings. The molecule has 0 bridgehead atoms. The first-order valence-corrected chi connectivity index (χ1v) is 10.2. The van der Waals surface area contributed by atoms with E-state index in [0.717, 1.165) is 0 Å². The normalized spacial score (nSPS) is 12.3. The average Bonchev–Trinajstić information content (AvgIpc) is 3.09. The number of fused-ring (bicyclic) bond motifs is 9. The van der Waals surface area contributed by atoms with Crippen LogP contribution in [0.25, 0.3) is 65.3 Å². The average molecular weight is 366 g/mol. The Bertz CT molecular complexity index is 1560. The fourth-order valence-corrected chi connectivity index (χ4v) is 5.40. The fourth-order valence-electron chi connectivity index (χ4n) is 5.40. The van der Waals surface area contributed by atoms with Crippen molar-refractivity contribution in [3.05, 3.63) is 96.6 Å². The summed E-state index contributed by atoms with van der Waals surface area (Å²) in [6, 6.07) is 33.8. The van der Waals surface area contributed by atoms with Crippen LogP contribution in [0, 0.1) is 6.92 Å². The molecule has 0 amide bonds. The van der Waals surface area contributed by atoms with Gasteiger partial charge in [-0.3, -0.25) is 0 Å². The first-order valence-electron chi connectivity index (χ1n) is 10.2. The van der Waals surface area contributed by atoms with Crippen molar-refractivity contribution in [2.75, 3.05) is 0 Å². The zero-order chi connectivity index (χ0) is 19.1. The Morgan fingerprint density at radius 1 is 0.379 bits per heavy atom. The van der Waals surface area contributed by atoms with Gasteiger partial charge in [-0.25, -0.2) is 0 Å². The zero-order valence-electron chi connectivity index (χ0n) is 16.2. The quantitative estimate of drug-likeness (QED) is 0.237. The van der Waals surface area contributed by atoms with Gasteiger partial charge in [0, 0.05) is 0 Å². The van der Waals surface area contributed by atoms with Gasteiger partial charge < -0.3 is 0 Å². The highest BCUT2D eigenvalue weighted by Gasteiger charge is 2.23. The first-order chi connectivity index (χ1) is 14.3. The second kappa shape index (κ2) is 5.24. The van der Waals surface area contributed by atoms with Gasteiger partial charge in [-0.05, 0) is 90.0 Å². The molecular weight excluding hydrogens is 348 g/mol. The minimum absolute atomic E-state index is 1.33. The third kappa shape index (κ3) is 1.84. The molecule has 7 rings (SSSR count). The van der Waals surface area contributed by atoms with Crippen molar-refractivity contribution in [2.24, 2.45) is 0 Å². The van der Waals surface area contributed by atoms with Crippen LogP contribution < -0.4 is 0 Å². The van der Waals surface area contributed by atoms with Crippen LogP contribution in [-0.4, -0.2) is 0 Å². The number of hydrogen-bond acceptors (Lipinski definition) is 0. The van der Waals surface area contributed by atoms with Crippen LogP contribution >= 0.6 is 0 Å². The molecule has 6 aromatic carbocycles. The van der Waals surface area contributed by atoms with Crippen molar-refractivity contribution in [1.82, 2.24) is 0 Å². The molecule has 0 saturated carbocycles. The summed E-state index contributed by atoms with van der Waals surface area (Å²) in [5.74, 6) is 0. The molecule has 0 aromatic heterocycles. The molecule has 1 aliphatic carbocycles. The molecule has 0 spiro atoms. The van der Waals surface area contributed by atoms with Crippen LogP contribution in [0.2, 0.25) is 0 Å². The molecule has 1 aliphatic rings. The Labute approximate surface area is 169 Å². The van der Waals surface area contributed by atoms with Crippen LogP contribution in [0.3, 0.4) is 0 Å². The van der Waals surface area contributed by atoms with E-state index >= 15 is 0 Å². The molecule has 0 nitrogen and oxygen atoms in total. The van der Waals surface area contributed by atoms with E-state index < -0.39 is 0 Å². The van der Waals surface area contributed by atoms with Crippen molar-refractivity contribution < 1.29 is 0 Å². The zero-order valence-corrected chi connectivity index (χ0v) is 16.2. The van der Waals surface area contributed by atoms with Crippen LogP contribution in [0.1, 0.15) is 5.56 Å². The number of benzene rings is 6. The molecule has 0 fully saturated rings. The summed E-state index contributed by atoms with van der Waals surface area (Å²) in [6.07, 6.45) is 0. The van der Waals surface area contributed by atoms with E-state index in [2.05, 4.69) is 97.9 Å². The van der Waals surface area contributed by atoms with E-state index in [-0.39, 0.29) is 0 Å². The van der Waals surface area contributed by atoms with E-state index in [0.29, 0.717) is 0 Å². The Kier molecular flexibility index (Phi) is 2.77. The topological polar surface area (TPSA) is 0 Å². The van der Waals surface area contributed by atoms with Crippen LogP contribution in [0.5, 0.6) is 0 Å². The van der Waals surface area contributed by atoms with Gasteiger partial charge in [0.2, 0.25) is 0 Å². The molecule has 0 N–H and O–H groups in total. The lowest BCUT2D eigenvalue weighted by molar-refractivity contribution is 1.54. The third-order valence-electron chi connectivity index (χ3n) is 6.72. The highest BCUT2D eigenvalue weighted by molar-refractivity contribution is 6.28. The minimum Gasteiger partial charge on any atom is -0.0616 e. The summed E-state index contributed by atoms with van der Waals surface area (Å²) < 4.78 is 0. The highest BCUT2D eigenvalue weighted by atomic mass is 14.3. The lowest BCUT2D eigenvalue weighted by Gasteiger charge is -2.13. The number of rotatable bonds is 0. The highest BCUT2D eigenvalue weighted by Crippen LogP contribution is 2.50. The van der Waals surface area contributed by atoms with Crippen LogP contribution in [0.4, 0.5) is 0 Å². The van der Waals surface area contributed by atoms with Crippen molar-refractivity contribution >= 4 is 43.1 Å². The smallest absolute Gasteiger partial charge is 0.00237 e. The molecule has 0 unspecified atom stereocenters. The van der Waals surface area contributed by atoms with Crippen LogP contribution in [0.15, 0.2) is 91.0 Å². The predicted octanol–water partition coefficient (Wildman–Crippen LogP) is 8.26. The summed E-state index contributed by atoms with van der Waals surface area (Å²) in [4.78, 5) is 0. The Morgan fingerprint density at radius 2 is 0.862 bits per heavy atom. The van der Waals surface area contributed by atoms with E-state index in [1.807, 2.05) is 0 Å². The summed E-state index contributed by atoms with van der Waals surface area (Å²) >= 11 is 0. The SMILES string of the molecule is Cc1ccc2c3c(cccc13)-c1cc3c4ccccc4c4ccccc4c3cc1-2. The van der Waals surface area contributed by atoms with Gasteiger partial charge in [0.25, 0.3) is 0 Å². The molecule has 0 atom stereocenters. The van der Waals surface area contributed by atoms with Gasteiger partial charge in [-0.2, -0.15) is 0 Å². The molecule has 0 heterocycles. The van der Waals surface area contributed by atoms with E-state index in [1.54, 1.807) is 0 Å². The molecule has 0 aliphatic heterocycles. The Balaban J connectivity index is 1.75. The van der Waals surface area contributed by atoms with Crippen molar-refractivity contribution in [3.63, 3.8) is 0 Å². The standard InChI is InChI=1S/C29H18/c1-17-13-14-24-28-16-26-22-10-5-3-8-20(22)19-7-2-4-9-21(19)25(26)15-27(28)23-12-6-11-18(17)29(23)24/h2-16H,1H3. The lowest BCUT2D eigenvalue weighted by atomic mass is 9.90. The monoisotopic (exact) mass is 366 g/mol. The van der Waals surface area contributed by atoms with Crippen LogP contribution in [-0.2, 0) is 0 Å². The van der Waals surface area contributed by atoms with E-state index in [9.17, 15) is 0 Å². The van der Waals surface area contributed by atoms with Crippen molar-refractivity contribution in [2.45, 2.75) is 6.92 Å². The summed E-state index contributed by atoms with van der Waals surface area (Å²) in [6.45, 7) is 2.21. The summed E-state index contributed by atoms with van der Waals surface area (Å²) in [5, 5.41) is 10.8. The third-order valence-corrected chi connectivity index (χ3v) is 6.72. The Hall–Kier alpha value is -3.64. The van der Waals surface area contributed by atoms with Gasteiger partial charge in [-0.1, -0.05) is 78.9 Å². The second-order valence-corrected chi connectivity index (χ2v) is 8.19. The van der Waals surface area contributed by atoms with Gasteiger partial charge in [0.15, 0.2) is 0 Å². The molecule has 0 heteroatoms. The molecule has 29 heavy (non-hydrogen) atoms. The summed E-state index contributed by atoms with van der Waals surface area (Å²) in [5.41, 5.74) is 6.82. The molecule has 0 radical (unpaired) electrons. The van der Waals surface area contributed by atoms with Gasteiger partial charge >= 0.3 is 0 Å². The maximum absolute atomic E-state index is 2.43. The van der Waals surface area contributed by atoms with E-state index in [1.165, 1.54) is 70.9 Å². The molecule has 0 saturated heterocycles. The summed E-state index contributed by atoms with van der Waals surface area (Å²) in [7, 11) is 0. The van der Waals surface area contributed by atoms with Crippen molar-refractivity contribution in [3.8, 4) is 22.3 Å². The maximum Gasteiger partial charge on any atom is -0.00237 e. The van der Waals surface area contributed by atoms with Gasteiger partial charge in [0.05, 0.1) is 0 Å². The van der Waals surface area contributed by atoms with Gasteiger partial charge in [0.1, 0.15) is 0 Å². The fraction of sp³-hybridized carbons (Fsp3) is 0.0345. The Morgan fingerprint density at radius 3 is 1.45 bits per heavy atom. The largest absolute Gasteiger partial charge is 0.0616 e. The van der Waals surface area contributed by atoms with Crippen molar-refractivity contribution in [1.29, 1.82) is 0 Å². The molecule has 134 valence electrons. The second-order valence-electron chi connectivity index (χ2n) is 8.19. The number of aryl methyl sites for hydroxylation is 1. The number of hydrogen-bond donors (Lipinski definition) is 0. The minimum atomic E-state index is 1.33. The predicted molar refractivity (Wildman–Crippen MR) is 126 cm³/mol. The maximum atomic E-state index is 2.43. The first kappa shape index (κ1) is 15.3. The molecular formula is C29H18. The van der Waals surface area contributed by atoms with Gasteiger partial charge in [-0.15, -0.1) is 0 Å². The lowest BCUT2D eigenvalue weighted by Crippen LogP contribution is -1.85.